The Morgan fingerprint density at radius 1 is 1.14 bits per heavy atom. The quantitative estimate of drug-likeness (QED) is 0.170. The molecular formula is C20H30ClIN6S. The van der Waals surface area contributed by atoms with E-state index in [4.69, 9.17) is 11.6 Å². The highest BCUT2D eigenvalue weighted by Gasteiger charge is 2.14. The summed E-state index contributed by atoms with van der Waals surface area (Å²) < 4.78 is 2.33. The molecule has 0 amide bonds. The number of halogens is 2. The van der Waals surface area contributed by atoms with E-state index in [1.54, 1.807) is 18.8 Å². The lowest BCUT2D eigenvalue weighted by atomic mass is 10.2. The molecule has 1 aromatic carbocycles. The molecule has 9 heteroatoms. The lowest BCUT2D eigenvalue weighted by Crippen LogP contribution is -2.39. The molecule has 0 atom stereocenters. The Morgan fingerprint density at radius 2 is 1.93 bits per heavy atom. The third-order valence-corrected chi connectivity index (χ3v) is 6.02. The third kappa shape index (κ3) is 7.97. The first kappa shape index (κ1) is 24.3. The summed E-state index contributed by atoms with van der Waals surface area (Å²) in [4.78, 5) is 5.52. The summed E-state index contributed by atoms with van der Waals surface area (Å²) in [5.74, 6) is 4.10. The van der Waals surface area contributed by atoms with Gasteiger partial charge in [-0.2, -0.15) is 0 Å². The standard InChI is InChI=1S/C20H29ClN6S.HI/c1-22-20(24-13-15-28-17-10-8-16(21)9-11-17)23-12-5-7-19-26-25-18-6-3-2-4-14-27(18)19;/h8-11H,2-7,12-15H2,1H3,(H2,22,23,24);1H. The molecule has 0 bridgehead atoms. The number of rotatable bonds is 8. The van der Waals surface area contributed by atoms with E-state index in [1.165, 1.54) is 24.2 Å². The summed E-state index contributed by atoms with van der Waals surface area (Å²) in [6.45, 7) is 2.79. The molecule has 2 heterocycles. The number of hydrogen-bond donors (Lipinski definition) is 2. The van der Waals surface area contributed by atoms with Crippen molar-refractivity contribution in [3.63, 3.8) is 0 Å². The van der Waals surface area contributed by atoms with Crippen LogP contribution in [0.1, 0.15) is 37.3 Å². The summed E-state index contributed by atoms with van der Waals surface area (Å²) >= 11 is 7.72. The molecule has 6 nitrogen and oxygen atoms in total. The van der Waals surface area contributed by atoms with Crippen LogP contribution >= 0.6 is 47.3 Å². The van der Waals surface area contributed by atoms with Crippen LogP contribution in [0.3, 0.4) is 0 Å². The van der Waals surface area contributed by atoms with Crippen LogP contribution < -0.4 is 10.6 Å². The molecule has 1 aliphatic heterocycles. The highest BCUT2D eigenvalue weighted by molar-refractivity contribution is 14.0. The van der Waals surface area contributed by atoms with E-state index in [1.807, 2.05) is 24.3 Å². The summed E-state index contributed by atoms with van der Waals surface area (Å²) in [5.41, 5.74) is 0. The van der Waals surface area contributed by atoms with Crippen molar-refractivity contribution in [1.29, 1.82) is 0 Å². The summed E-state index contributed by atoms with van der Waals surface area (Å²) in [6, 6.07) is 7.94. The number of aliphatic imine (C=N–C) groups is 1. The van der Waals surface area contributed by atoms with Gasteiger partial charge in [-0.3, -0.25) is 4.99 Å². The third-order valence-electron chi connectivity index (χ3n) is 4.76. The van der Waals surface area contributed by atoms with Crippen molar-refractivity contribution in [2.45, 2.75) is 50.0 Å². The predicted octanol–water partition coefficient (Wildman–Crippen LogP) is 4.17. The molecule has 0 spiro atoms. The van der Waals surface area contributed by atoms with Crippen molar-refractivity contribution in [1.82, 2.24) is 25.4 Å². The number of hydrogen-bond acceptors (Lipinski definition) is 4. The average Bonchev–Trinajstić information content (AvgIpc) is 2.94. The maximum atomic E-state index is 5.91. The molecule has 0 aliphatic carbocycles. The maximum Gasteiger partial charge on any atom is 0.191 e. The highest BCUT2D eigenvalue weighted by atomic mass is 127. The van der Waals surface area contributed by atoms with Crippen LogP contribution in [-0.4, -0.2) is 46.6 Å². The minimum Gasteiger partial charge on any atom is -0.356 e. The second-order valence-electron chi connectivity index (χ2n) is 6.83. The number of thioether (sulfide) groups is 1. The Morgan fingerprint density at radius 3 is 2.72 bits per heavy atom. The topological polar surface area (TPSA) is 67.1 Å². The number of aryl methyl sites for hydroxylation is 2. The lowest BCUT2D eigenvalue weighted by Gasteiger charge is -2.12. The van der Waals surface area contributed by atoms with E-state index >= 15 is 0 Å². The normalized spacial score (nSPS) is 13.9. The zero-order chi connectivity index (χ0) is 19.6. The van der Waals surface area contributed by atoms with Crippen molar-refractivity contribution in [2.24, 2.45) is 4.99 Å². The van der Waals surface area contributed by atoms with Crippen LogP contribution in [0, 0.1) is 0 Å². The van der Waals surface area contributed by atoms with E-state index < -0.39 is 0 Å². The molecule has 160 valence electrons. The molecule has 0 fully saturated rings. The molecule has 2 N–H and O–H groups in total. The van der Waals surface area contributed by atoms with Gasteiger partial charge in [0.15, 0.2) is 5.96 Å². The Hall–Kier alpha value is -1.000. The minimum absolute atomic E-state index is 0. The van der Waals surface area contributed by atoms with Crippen molar-refractivity contribution in [3.05, 3.63) is 40.9 Å². The van der Waals surface area contributed by atoms with Gasteiger partial charge in [-0.1, -0.05) is 18.0 Å². The van der Waals surface area contributed by atoms with Crippen molar-refractivity contribution in [3.8, 4) is 0 Å². The van der Waals surface area contributed by atoms with Crippen LogP contribution in [0.5, 0.6) is 0 Å². The molecule has 1 aromatic heterocycles. The molecule has 0 saturated carbocycles. The fourth-order valence-corrected chi connectivity index (χ4v) is 4.17. The first-order valence-corrected chi connectivity index (χ1v) is 11.4. The van der Waals surface area contributed by atoms with Crippen LogP contribution in [-0.2, 0) is 19.4 Å². The van der Waals surface area contributed by atoms with Gasteiger partial charge in [-0.25, -0.2) is 0 Å². The molecule has 3 rings (SSSR count). The first-order valence-electron chi connectivity index (χ1n) is 10.00. The fraction of sp³-hybridized carbons (Fsp3) is 0.550. The van der Waals surface area contributed by atoms with Gasteiger partial charge in [0.2, 0.25) is 0 Å². The van der Waals surface area contributed by atoms with Gasteiger partial charge in [0, 0.05) is 55.2 Å². The van der Waals surface area contributed by atoms with Crippen LogP contribution in [0.4, 0.5) is 0 Å². The molecule has 1 aliphatic rings. The maximum absolute atomic E-state index is 5.91. The van der Waals surface area contributed by atoms with Gasteiger partial charge in [-0.15, -0.1) is 45.9 Å². The van der Waals surface area contributed by atoms with Crippen molar-refractivity contribution in [2.75, 3.05) is 25.9 Å². The van der Waals surface area contributed by atoms with E-state index in [0.717, 1.165) is 67.3 Å². The Balaban J connectivity index is 0.00000300. The van der Waals surface area contributed by atoms with Crippen LogP contribution in [0.15, 0.2) is 34.2 Å². The smallest absolute Gasteiger partial charge is 0.191 e. The first-order chi connectivity index (χ1) is 13.8. The zero-order valence-electron chi connectivity index (χ0n) is 16.9. The average molecular weight is 549 g/mol. The number of nitrogens with zero attached hydrogens (tertiary/aromatic N) is 4. The van der Waals surface area contributed by atoms with Gasteiger partial charge in [0.05, 0.1) is 0 Å². The van der Waals surface area contributed by atoms with Crippen LogP contribution in [0.25, 0.3) is 0 Å². The predicted molar refractivity (Wildman–Crippen MR) is 133 cm³/mol. The van der Waals surface area contributed by atoms with E-state index in [0.29, 0.717) is 0 Å². The Labute approximate surface area is 199 Å². The fourth-order valence-electron chi connectivity index (χ4n) is 3.27. The van der Waals surface area contributed by atoms with Gasteiger partial charge in [-0.05, 0) is 43.5 Å². The van der Waals surface area contributed by atoms with E-state index in [9.17, 15) is 0 Å². The largest absolute Gasteiger partial charge is 0.356 e. The lowest BCUT2D eigenvalue weighted by molar-refractivity contribution is 0.594. The van der Waals surface area contributed by atoms with E-state index in [2.05, 4.69) is 30.4 Å². The van der Waals surface area contributed by atoms with Gasteiger partial charge in [0.1, 0.15) is 11.6 Å². The van der Waals surface area contributed by atoms with Crippen LogP contribution in [0.2, 0.25) is 5.02 Å². The number of aromatic nitrogens is 3. The van der Waals surface area contributed by atoms with E-state index in [-0.39, 0.29) is 24.0 Å². The van der Waals surface area contributed by atoms with Crippen molar-refractivity contribution < 1.29 is 0 Å². The minimum atomic E-state index is 0. The van der Waals surface area contributed by atoms with Crippen molar-refractivity contribution >= 4 is 53.3 Å². The Bertz CT molecular complexity index is 765. The molecule has 29 heavy (non-hydrogen) atoms. The molecule has 0 radical (unpaired) electrons. The summed E-state index contributed by atoms with van der Waals surface area (Å²) in [5, 5.41) is 16.3. The summed E-state index contributed by atoms with van der Waals surface area (Å²) in [7, 11) is 1.81. The number of fused-ring (bicyclic) bond motifs is 1. The second kappa shape index (κ2) is 13.3. The zero-order valence-corrected chi connectivity index (χ0v) is 20.8. The Kier molecular flexibility index (Phi) is 11.2. The number of guanidine groups is 1. The summed E-state index contributed by atoms with van der Waals surface area (Å²) in [6.07, 6.45) is 6.79. The number of nitrogens with one attached hydrogen (secondary N) is 2. The van der Waals surface area contributed by atoms with Gasteiger partial charge < -0.3 is 15.2 Å². The number of benzene rings is 1. The SMILES string of the molecule is CN=C(NCCCc1nnc2n1CCCCC2)NCCSc1ccc(Cl)cc1.I. The molecule has 0 saturated heterocycles. The van der Waals surface area contributed by atoms with Gasteiger partial charge in [0.25, 0.3) is 0 Å². The van der Waals surface area contributed by atoms with Gasteiger partial charge >= 0.3 is 0 Å². The molecular weight excluding hydrogens is 519 g/mol. The highest BCUT2D eigenvalue weighted by Crippen LogP contribution is 2.19. The monoisotopic (exact) mass is 548 g/mol. The molecule has 2 aromatic rings. The molecule has 0 unspecified atom stereocenters. The second-order valence-corrected chi connectivity index (χ2v) is 8.43.